The quantitative estimate of drug-likeness (QED) is 0.750. The monoisotopic (exact) mass is 394 g/mol. The van der Waals surface area contributed by atoms with Crippen LogP contribution in [0.1, 0.15) is 6.42 Å². The predicted octanol–water partition coefficient (Wildman–Crippen LogP) is 3.57. The van der Waals surface area contributed by atoms with Crippen LogP contribution in [0.25, 0.3) is 0 Å². The first kappa shape index (κ1) is 17.3. The second-order valence-corrected chi connectivity index (χ2v) is 7.36. The van der Waals surface area contributed by atoms with Gasteiger partial charge in [-0.05, 0) is 30.3 Å². The molecule has 7 heteroatoms. The average molecular weight is 395 g/mol. The highest BCUT2D eigenvalue weighted by Crippen LogP contribution is 2.32. The number of nitrogens with zero attached hydrogens (tertiary/aromatic N) is 2. The van der Waals surface area contributed by atoms with E-state index < -0.39 is 10.0 Å². The van der Waals surface area contributed by atoms with Crippen LogP contribution in [-0.2, 0) is 10.0 Å². The Kier molecular flexibility index (Phi) is 5.64. The number of methoxy groups -OCH3 is 1. The number of ether oxygens (including phenoxy) is 1. The highest BCUT2D eigenvalue weighted by Gasteiger charge is 2.28. The molecule has 2 aromatic rings. The summed E-state index contributed by atoms with van der Waals surface area (Å²) in [5.74, 6) is 0.256. The summed E-state index contributed by atoms with van der Waals surface area (Å²) in [6.07, 6.45) is 0.0877. The largest absolute Gasteiger partial charge is 0.495 e. The van der Waals surface area contributed by atoms with Crippen LogP contribution in [0.2, 0.25) is 0 Å². The second-order valence-electron chi connectivity index (χ2n) is 4.62. The van der Waals surface area contributed by atoms with Crippen molar-refractivity contribution in [1.82, 2.24) is 0 Å². The maximum atomic E-state index is 13.1. The standard InChI is InChI=1S/C16H15BrN2O3S/c1-22-15-9-8-13(17)12-16(15)23(20,21)19(11-5-10-18)14-6-3-2-4-7-14/h2-4,6-9,12H,5,11H2,1H3. The molecule has 0 spiro atoms. The molecule has 0 saturated heterocycles. The third-order valence-electron chi connectivity index (χ3n) is 3.16. The van der Waals surface area contributed by atoms with Gasteiger partial charge in [-0.3, -0.25) is 4.31 Å². The zero-order valence-electron chi connectivity index (χ0n) is 12.4. The van der Waals surface area contributed by atoms with E-state index in [-0.39, 0.29) is 23.6 Å². The summed E-state index contributed by atoms with van der Waals surface area (Å²) >= 11 is 3.29. The minimum atomic E-state index is -3.86. The Labute approximate surface area is 144 Å². The van der Waals surface area contributed by atoms with Crippen LogP contribution < -0.4 is 9.04 Å². The average Bonchev–Trinajstić information content (AvgIpc) is 2.56. The number of benzene rings is 2. The van der Waals surface area contributed by atoms with Crippen molar-refractivity contribution >= 4 is 31.6 Å². The van der Waals surface area contributed by atoms with Crippen LogP contribution >= 0.6 is 15.9 Å². The Morgan fingerprint density at radius 1 is 1.22 bits per heavy atom. The van der Waals surface area contributed by atoms with Gasteiger partial charge < -0.3 is 4.74 Å². The van der Waals surface area contributed by atoms with Gasteiger partial charge in [0.2, 0.25) is 0 Å². The number of rotatable bonds is 6. The van der Waals surface area contributed by atoms with Crippen molar-refractivity contribution in [2.24, 2.45) is 0 Å². The molecular formula is C16H15BrN2O3S. The van der Waals surface area contributed by atoms with Crippen molar-refractivity contribution in [1.29, 1.82) is 5.26 Å². The zero-order chi connectivity index (χ0) is 16.9. The smallest absolute Gasteiger partial charge is 0.268 e. The Balaban J connectivity index is 2.57. The summed E-state index contributed by atoms with van der Waals surface area (Å²) in [6.45, 7) is 0.0680. The van der Waals surface area contributed by atoms with Crippen molar-refractivity contribution in [3.63, 3.8) is 0 Å². The molecule has 0 aliphatic heterocycles. The van der Waals surface area contributed by atoms with Crippen molar-refractivity contribution in [3.05, 3.63) is 53.0 Å². The van der Waals surface area contributed by atoms with Gasteiger partial charge in [-0.1, -0.05) is 34.1 Å². The molecule has 0 aromatic heterocycles. The van der Waals surface area contributed by atoms with E-state index in [9.17, 15) is 8.42 Å². The van der Waals surface area contributed by atoms with Crippen molar-refractivity contribution in [2.75, 3.05) is 18.0 Å². The fraction of sp³-hybridized carbons (Fsp3) is 0.188. The first-order valence-corrected chi connectivity index (χ1v) is 9.02. The van der Waals surface area contributed by atoms with Gasteiger partial charge in [-0.2, -0.15) is 5.26 Å². The topological polar surface area (TPSA) is 70.4 Å². The van der Waals surface area contributed by atoms with Crippen LogP contribution in [0.5, 0.6) is 5.75 Å². The molecule has 0 unspecified atom stereocenters. The van der Waals surface area contributed by atoms with Crippen molar-refractivity contribution < 1.29 is 13.2 Å². The third-order valence-corrected chi connectivity index (χ3v) is 5.51. The SMILES string of the molecule is COc1ccc(Br)cc1S(=O)(=O)N(CCC#N)c1ccccc1. The maximum absolute atomic E-state index is 13.1. The Morgan fingerprint density at radius 3 is 2.52 bits per heavy atom. The van der Waals surface area contributed by atoms with Gasteiger partial charge in [0, 0.05) is 11.0 Å². The molecule has 2 aromatic carbocycles. The minimum absolute atomic E-state index is 0.0520. The van der Waals surface area contributed by atoms with E-state index in [1.165, 1.54) is 17.5 Å². The molecule has 0 aliphatic rings. The first-order valence-electron chi connectivity index (χ1n) is 6.79. The second kappa shape index (κ2) is 7.49. The summed E-state index contributed by atoms with van der Waals surface area (Å²) < 4.78 is 33.2. The number of hydrogen-bond donors (Lipinski definition) is 0. The lowest BCUT2D eigenvalue weighted by Gasteiger charge is -2.24. The van der Waals surface area contributed by atoms with Crippen LogP contribution in [0.4, 0.5) is 5.69 Å². The number of halogens is 1. The Hall–Kier alpha value is -2.04. The van der Waals surface area contributed by atoms with Gasteiger partial charge in [-0.15, -0.1) is 0 Å². The summed E-state index contributed by atoms with van der Waals surface area (Å²) in [7, 11) is -2.44. The van der Waals surface area contributed by atoms with Crippen molar-refractivity contribution in [2.45, 2.75) is 11.3 Å². The molecule has 0 amide bonds. The van der Waals surface area contributed by atoms with Crippen LogP contribution in [0.15, 0.2) is 57.9 Å². The lowest BCUT2D eigenvalue weighted by molar-refractivity contribution is 0.402. The zero-order valence-corrected chi connectivity index (χ0v) is 14.8. The fourth-order valence-electron chi connectivity index (χ4n) is 2.10. The van der Waals surface area contributed by atoms with Gasteiger partial charge >= 0.3 is 0 Å². The minimum Gasteiger partial charge on any atom is -0.495 e. The summed E-state index contributed by atoms with van der Waals surface area (Å²) in [4.78, 5) is 0.0520. The van der Waals surface area contributed by atoms with Gasteiger partial charge in [0.25, 0.3) is 10.0 Å². The molecule has 23 heavy (non-hydrogen) atoms. The van der Waals surface area contributed by atoms with Gasteiger partial charge in [0.15, 0.2) is 0 Å². The predicted molar refractivity (Wildman–Crippen MR) is 91.9 cm³/mol. The van der Waals surface area contributed by atoms with E-state index in [0.717, 1.165) is 0 Å². The number of hydrogen-bond acceptors (Lipinski definition) is 4. The molecule has 0 atom stereocenters. The lowest BCUT2D eigenvalue weighted by atomic mass is 10.3. The summed E-state index contributed by atoms with van der Waals surface area (Å²) in [6, 6.07) is 15.5. The molecule has 0 saturated carbocycles. The molecule has 0 radical (unpaired) electrons. The van der Waals surface area contributed by atoms with Crippen molar-refractivity contribution in [3.8, 4) is 11.8 Å². The molecule has 0 bridgehead atoms. The normalized spacial score (nSPS) is 10.8. The van der Waals surface area contributed by atoms with E-state index in [0.29, 0.717) is 10.2 Å². The van der Waals surface area contributed by atoms with Gasteiger partial charge in [0.1, 0.15) is 10.6 Å². The fourth-order valence-corrected chi connectivity index (χ4v) is 4.27. The van der Waals surface area contributed by atoms with Gasteiger partial charge in [0.05, 0.1) is 25.3 Å². The number of sulfonamides is 1. The maximum Gasteiger partial charge on any atom is 0.268 e. The van der Waals surface area contributed by atoms with E-state index in [2.05, 4.69) is 15.9 Å². The van der Waals surface area contributed by atoms with Crippen LogP contribution in [0.3, 0.4) is 0 Å². The van der Waals surface area contributed by atoms with E-state index in [4.69, 9.17) is 10.00 Å². The number of nitriles is 1. The molecule has 5 nitrogen and oxygen atoms in total. The third kappa shape index (κ3) is 3.84. The van der Waals surface area contributed by atoms with E-state index in [1.54, 1.807) is 42.5 Å². The number of para-hydroxylation sites is 1. The first-order chi connectivity index (χ1) is 11.0. The summed E-state index contributed by atoms with van der Waals surface area (Å²) in [5.41, 5.74) is 0.504. The number of anilines is 1. The van der Waals surface area contributed by atoms with Crippen LogP contribution in [-0.4, -0.2) is 22.1 Å². The Morgan fingerprint density at radius 2 is 1.91 bits per heavy atom. The molecule has 0 aliphatic carbocycles. The highest BCUT2D eigenvalue weighted by molar-refractivity contribution is 9.10. The van der Waals surface area contributed by atoms with Crippen LogP contribution in [0, 0.1) is 11.3 Å². The lowest BCUT2D eigenvalue weighted by Crippen LogP contribution is -2.32. The molecule has 0 fully saturated rings. The van der Waals surface area contributed by atoms with E-state index >= 15 is 0 Å². The van der Waals surface area contributed by atoms with Gasteiger partial charge in [-0.25, -0.2) is 8.42 Å². The summed E-state index contributed by atoms with van der Waals surface area (Å²) in [5, 5.41) is 8.84. The molecule has 120 valence electrons. The molecular weight excluding hydrogens is 380 g/mol. The highest BCUT2D eigenvalue weighted by atomic mass is 79.9. The molecule has 0 heterocycles. The Bertz CT molecular complexity index is 817. The molecule has 0 N–H and O–H groups in total. The van der Waals surface area contributed by atoms with E-state index in [1.807, 2.05) is 6.07 Å². The molecule has 2 rings (SSSR count).